The number of carbonyl (C=O) groups excluding carboxylic acids is 2. The zero-order valence-corrected chi connectivity index (χ0v) is 11.0. The monoisotopic (exact) mass is 261 g/mol. The molecule has 1 rings (SSSR count). The lowest BCUT2D eigenvalue weighted by atomic mass is 10.1. The molecule has 0 bridgehead atoms. The average molecular weight is 261 g/mol. The highest BCUT2D eigenvalue weighted by molar-refractivity contribution is 5.94. The Morgan fingerprint density at radius 1 is 1.21 bits per heavy atom. The SMILES string of the molecule is C=CCNC(=O)NCCNC(=O)c1cccc(C)c1. The summed E-state index contributed by atoms with van der Waals surface area (Å²) in [5.41, 5.74) is 1.66. The van der Waals surface area contributed by atoms with Crippen LogP contribution in [0.3, 0.4) is 0 Å². The van der Waals surface area contributed by atoms with E-state index in [1.165, 1.54) is 0 Å². The van der Waals surface area contributed by atoms with Gasteiger partial charge in [0.1, 0.15) is 0 Å². The number of aryl methyl sites for hydroxylation is 1. The molecule has 0 aliphatic rings. The van der Waals surface area contributed by atoms with Crippen molar-refractivity contribution >= 4 is 11.9 Å². The highest BCUT2D eigenvalue weighted by Crippen LogP contribution is 2.03. The number of rotatable bonds is 6. The van der Waals surface area contributed by atoms with Crippen LogP contribution >= 0.6 is 0 Å². The lowest BCUT2D eigenvalue weighted by Gasteiger charge is -2.08. The Morgan fingerprint density at radius 2 is 1.95 bits per heavy atom. The Hall–Kier alpha value is -2.30. The molecule has 0 atom stereocenters. The van der Waals surface area contributed by atoms with Gasteiger partial charge < -0.3 is 16.0 Å². The van der Waals surface area contributed by atoms with E-state index in [4.69, 9.17) is 0 Å². The minimum atomic E-state index is -0.273. The number of hydrogen-bond acceptors (Lipinski definition) is 2. The van der Waals surface area contributed by atoms with Crippen molar-refractivity contribution in [1.82, 2.24) is 16.0 Å². The third-order valence-electron chi connectivity index (χ3n) is 2.38. The van der Waals surface area contributed by atoms with E-state index in [0.717, 1.165) is 5.56 Å². The fraction of sp³-hybridized carbons (Fsp3) is 0.286. The molecular weight excluding hydrogens is 242 g/mol. The van der Waals surface area contributed by atoms with Gasteiger partial charge in [-0.25, -0.2) is 4.79 Å². The van der Waals surface area contributed by atoms with Crippen molar-refractivity contribution in [3.05, 3.63) is 48.0 Å². The Bertz CT molecular complexity index is 458. The van der Waals surface area contributed by atoms with Gasteiger partial charge in [0, 0.05) is 25.2 Å². The maximum atomic E-state index is 11.8. The summed E-state index contributed by atoms with van der Waals surface area (Å²) in [6, 6.07) is 7.07. The normalized spacial score (nSPS) is 9.53. The molecule has 19 heavy (non-hydrogen) atoms. The fourth-order valence-electron chi connectivity index (χ4n) is 1.47. The molecule has 0 saturated heterocycles. The van der Waals surface area contributed by atoms with E-state index in [0.29, 0.717) is 25.2 Å². The van der Waals surface area contributed by atoms with Gasteiger partial charge in [-0.3, -0.25) is 4.79 Å². The molecule has 0 aliphatic heterocycles. The highest BCUT2D eigenvalue weighted by atomic mass is 16.2. The van der Waals surface area contributed by atoms with Crippen LogP contribution in [-0.2, 0) is 0 Å². The van der Waals surface area contributed by atoms with Gasteiger partial charge in [0.2, 0.25) is 0 Å². The van der Waals surface area contributed by atoms with E-state index in [1.54, 1.807) is 12.1 Å². The lowest BCUT2D eigenvalue weighted by molar-refractivity contribution is 0.0953. The van der Waals surface area contributed by atoms with E-state index < -0.39 is 0 Å². The molecule has 0 spiro atoms. The third kappa shape index (κ3) is 5.72. The second-order valence-electron chi connectivity index (χ2n) is 4.05. The van der Waals surface area contributed by atoms with Crippen LogP contribution in [0.2, 0.25) is 0 Å². The van der Waals surface area contributed by atoms with Crippen LogP contribution in [0.15, 0.2) is 36.9 Å². The first-order valence-electron chi connectivity index (χ1n) is 6.11. The van der Waals surface area contributed by atoms with Gasteiger partial charge >= 0.3 is 6.03 Å². The maximum Gasteiger partial charge on any atom is 0.315 e. The quantitative estimate of drug-likeness (QED) is 0.532. The van der Waals surface area contributed by atoms with Gasteiger partial charge in [0.15, 0.2) is 0 Å². The Labute approximate surface area is 113 Å². The van der Waals surface area contributed by atoms with Crippen LogP contribution in [0, 0.1) is 6.92 Å². The van der Waals surface area contributed by atoms with Gasteiger partial charge in [0.05, 0.1) is 0 Å². The van der Waals surface area contributed by atoms with E-state index >= 15 is 0 Å². The molecule has 102 valence electrons. The minimum Gasteiger partial charge on any atom is -0.350 e. The van der Waals surface area contributed by atoms with Gasteiger partial charge in [-0.1, -0.05) is 23.8 Å². The Balaban J connectivity index is 2.24. The predicted octanol–water partition coefficient (Wildman–Crippen LogP) is 1.21. The molecule has 0 aliphatic carbocycles. The van der Waals surface area contributed by atoms with Gasteiger partial charge in [-0.15, -0.1) is 6.58 Å². The second-order valence-corrected chi connectivity index (χ2v) is 4.05. The predicted molar refractivity (Wildman–Crippen MR) is 75.1 cm³/mol. The topological polar surface area (TPSA) is 70.2 Å². The van der Waals surface area contributed by atoms with Crippen LogP contribution in [-0.4, -0.2) is 31.6 Å². The van der Waals surface area contributed by atoms with Crippen molar-refractivity contribution in [1.29, 1.82) is 0 Å². The van der Waals surface area contributed by atoms with Gasteiger partial charge in [-0.2, -0.15) is 0 Å². The zero-order valence-electron chi connectivity index (χ0n) is 11.0. The number of benzene rings is 1. The first-order valence-corrected chi connectivity index (χ1v) is 6.11. The molecule has 5 nitrogen and oxygen atoms in total. The van der Waals surface area contributed by atoms with Gasteiger partial charge in [0.25, 0.3) is 5.91 Å². The van der Waals surface area contributed by atoms with E-state index in [1.807, 2.05) is 25.1 Å². The van der Waals surface area contributed by atoms with Crippen molar-refractivity contribution < 1.29 is 9.59 Å². The van der Waals surface area contributed by atoms with Crippen molar-refractivity contribution in [3.8, 4) is 0 Å². The van der Waals surface area contributed by atoms with Crippen LogP contribution < -0.4 is 16.0 Å². The molecule has 0 heterocycles. The smallest absolute Gasteiger partial charge is 0.315 e. The summed E-state index contributed by atoms with van der Waals surface area (Å²) in [6.07, 6.45) is 1.60. The minimum absolute atomic E-state index is 0.142. The zero-order chi connectivity index (χ0) is 14.1. The molecule has 0 aromatic heterocycles. The van der Waals surface area contributed by atoms with E-state index in [-0.39, 0.29) is 11.9 Å². The molecule has 5 heteroatoms. The summed E-state index contributed by atoms with van der Waals surface area (Å²) in [4.78, 5) is 22.9. The number of carbonyl (C=O) groups is 2. The van der Waals surface area contributed by atoms with E-state index in [2.05, 4.69) is 22.5 Å². The highest BCUT2D eigenvalue weighted by Gasteiger charge is 2.04. The summed E-state index contributed by atoms with van der Waals surface area (Å²) < 4.78 is 0. The van der Waals surface area contributed by atoms with E-state index in [9.17, 15) is 9.59 Å². The number of amides is 3. The first kappa shape index (κ1) is 14.8. The second kappa shape index (κ2) is 7.92. The molecule has 3 N–H and O–H groups in total. The number of hydrogen-bond donors (Lipinski definition) is 3. The molecule has 0 unspecified atom stereocenters. The maximum absolute atomic E-state index is 11.8. The van der Waals surface area contributed by atoms with Crippen molar-refractivity contribution in [2.75, 3.05) is 19.6 Å². The third-order valence-corrected chi connectivity index (χ3v) is 2.38. The number of urea groups is 1. The fourth-order valence-corrected chi connectivity index (χ4v) is 1.47. The molecule has 0 radical (unpaired) electrons. The summed E-state index contributed by atoms with van der Waals surface area (Å²) in [5.74, 6) is -0.142. The molecule has 0 fully saturated rings. The summed E-state index contributed by atoms with van der Waals surface area (Å²) in [5, 5.41) is 7.94. The lowest BCUT2D eigenvalue weighted by Crippen LogP contribution is -2.40. The molecule has 1 aromatic carbocycles. The van der Waals surface area contributed by atoms with Crippen LogP contribution in [0.1, 0.15) is 15.9 Å². The summed E-state index contributed by atoms with van der Waals surface area (Å²) in [6.45, 7) is 6.60. The van der Waals surface area contributed by atoms with Crippen LogP contribution in [0.25, 0.3) is 0 Å². The molecule has 0 saturated carbocycles. The molecule has 1 aromatic rings. The first-order chi connectivity index (χ1) is 9.13. The van der Waals surface area contributed by atoms with Crippen molar-refractivity contribution in [2.45, 2.75) is 6.92 Å². The molecular formula is C14H19N3O2. The van der Waals surface area contributed by atoms with Crippen molar-refractivity contribution in [2.24, 2.45) is 0 Å². The average Bonchev–Trinajstić information content (AvgIpc) is 2.41. The summed E-state index contributed by atoms with van der Waals surface area (Å²) >= 11 is 0. The number of nitrogens with one attached hydrogen (secondary N) is 3. The Kier molecular flexibility index (Phi) is 6.15. The van der Waals surface area contributed by atoms with Gasteiger partial charge in [-0.05, 0) is 19.1 Å². The summed E-state index contributed by atoms with van der Waals surface area (Å²) in [7, 11) is 0. The Morgan fingerprint density at radius 3 is 2.63 bits per heavy atom. The standard InChI is InChI=1S/C14H19N3O2/c1-3-7-16-14(19)17-9-8-15-13(18)12-6-4-5-11(2)10-12/h3-6,10H,1,7-9H2,2H3,(H,15,18)(H2,16,17,19). The molecule has 3 amide bonds. The van der Waals surface area contributed by atoms with Crippen LogP contribution in [0.5, 0.6) is 0 Å². The largest absolute Gasteiger partial charge is 0.350 e. The van der Waals surface area contributed by atoms with Crippen molar-refractivity contribution in [3.63, 3.8) is 0 Å². The van der Waals surface area contributed by atoms with Crippen LogP contribution in [0.4, 0.5) is 4.79 Å².